The quantitative estimate of drug-likeness (QED) is 0.118. The fourth-order valence-corrected chi connectivity index (χ4v) is 13.4. The maximum Gasteiger partial charge on any atom is 0.159 e. The van der Waals surface area contributed by atoms with E-state index in [1.807, 2.05) is 12.1 Å². The second-order valence-corrected chi connectivity index (χ2v) is 26.4. The van der Waals surface area contributed by atoms with Crippen molar-refractivity contribution >= 4 is 124 Å². The number of benzene rings is 11. The topological polar surface area (TPSA) is 32.8 Å². The molecule has 0 saturated carbocycles. The van der Waals surface area contributed by atoms with Crippen LogP contribution in [0.3, 0.4) is 0 Å². The molecule has 0 N–H and O–H groups in total. The van der Waals surface area contributed by atoms with E-state index in [0.29, 0.717) is 0 Å². The van der Waals surface area contributed by atoms with Gasteiger partial charge in [0.25, 0.3) is 0 Å². The van der Waals surface area contributed by atoms with Gasteiger partial charge in [0, 0.05) is 49.7 Å². The molecule has 5 heteroatoms. The van der Waals surface area contributed by atoms with Gasteiger partial charge in [0.2, 0.25) is 0 Å². The Labute approximate surface area is 420 Å². The third-order valence-electron chi connectivity index (χ3n) is 15.6. The van der Waals surface area contributed by atoms with Crippen molar-refractivity contribution in [3.05, 3.63) is 223 Å². The number of aryl methyl sites for hydroxylation is 1. The van der Waals surface area contributed by atoms with Crippen molar-refractivity contribution in [1.29, 1.82) is 0 Å². The summed E-state index contributed by atoms with van der Waals surface area (Å²) in [5.41, 5.74) is 16.2. The Morgan fingerprint density at radius 3 is 1.49 bits per heavy atom. The average molecular weight is 945 g/mol. The summed E-state index contributed by atoms with van der Waals surface area (Å²) in [6.07, 6.45) is 0. The summed E-state index contributed by atoms with van der Waals surface area (Å²) in [4.78, 5) is 4.76. The molecule has 0 fully saturated rings. The summed E-state index contributed by atoms with van der Waals surface area (Å²) in [6.45, 7) is 14.2. The highest BCUT2D eigenvalue weighted by atomic mass is 28.3. The van der Waals surface area contributed by atoms with E-state index in [2.05, 4.69) is 244 Å². The van der Waals surface area contributed by atoms with E-state index < -0.39 is 8.07 Å². The van der Waals surface area contributed by atoms with Crippen molar-refractivity contribution < 1.29 is 8.83 Å². The van der Waals surface area contributed by atoms with Crippen LogP contribution < -0.4 is 15.0 Å². The lowest BCUT2D eigenvalue weighted by Crippen LogP contribution is -2.37. The van der Waals surface area contributed by atoms with Gasteiger partial charge in [0.05, 0.1) is 19.4 Å². The lowest BCUT2D eigenvalue weighted by molar-refractivity contribution is 0.668. The Hall–Kier alpha value is -8.38. The highest BCUT2D eigenvalue weighted by molar-refractivity contribution is 6.88. The summed E-state index contributed by atoms with van der Waals surface area (Å²) in [5.74, 6) is 0. The van der Waals surface area contributed by atoms with Gasteiger partial charge in [-0.2, -0.15) is 0 Å². The van der Waals surface area contributed by atoms with Crippen LogP contribution in [0.4, 0.5) is 34.1 Å². The van der Waals surface area contributed by atoms with Gasteiger partial charge in [0.15, 0.2) is 11.2 Å². The smallest absolute Gasteiger partial charge is 0.159 e. The SMILES string of the molecule is Cc1ccc(N(c2ccc3c4c(c5ccccc5c3c2)-c2ccc3cc(N(c5ccc([Si](C)(C)C)cc5)c5cccc6c5oc5ccccc56)ccc3c2C4(C)C)c2cccc3c2oc2ccccc23)cc1. The van der Waals surface area contributed by atoms with E-state index in [9.17, 15) is 0 Å². The maximum absolute atomic E-state index is 6.72. The first-order chi connectivity index (χ1) is 35.0. The second kappa shape index (κ2) is 15.6. The van der Waals surface area contributed by atoms with Crippen LogP contribution in [0.1, 0.15) is 30.5 Å². The fourth-order valence-electron chi connectivity index (χ4n) is 12.2. The van der Waals surface area contributed by atoms with Crippen molar-refractivity contribution in [3.8, 4) is 11.1 Å². The molecule has 14 rings (SSSR count). The Morgan fingerprint density at radius 1 is 0.389 bits per heavy atom. The molecule has 13 aromatic rings. The molecule has 0 radical (unpaired) electrons. The third kappa shape index (κ3) is 6.30. The highest BCUT2D eigenvalue weighted by Crippen LogP contribution is 2.57. The van der Waals surface area contributed by atoms with E-state index in [0.717, 1.165) is 78.0 Å². The molecule has 346 valence electrons. The predicted octanol–water partition coefficient (Wildman–Crippen LogP) is 19.0. The van der Waals surface area contributed by atoms with Gasteiger partial charge in [-0.3, -0.25) is 0 Å². The average Bonchev–Trinajstić information content (AvgIpc) is 4.06. The molecule has 1 aliphatic carbocycles. The minimum absolute atomic E-state index is 0.321. The summed E-state index contributed by atoms with van der Waals surface area (Å²) in [6, 6.07) is 75.8. The van der Waals surface area contributed by atoms with Crippen LogP contribution in [0.2, 0.25) is 19.6 Å². The zero-order valence-corrected chi connectivity index (χ0v) is 42.3. The molecule has 0 unspecified atom stereocenters. The van der Waals surface area contributed by atoms with E-state index in [-0.39, 0.29) is 5.41 Å². The van der Waals surface area contributed by atoms with Gasteiger partial charge in [-0.15, -0.1) is 0 Å². The van der Waals surface area contributed by atoms with E-state index in [1.165, 1.54) is 65.3 Å². The molecule has 0 spiro atoms. The van der Waals surface area contributed by atoms with Gasteiger partial charge in [-0.1, -0.05) is 178 Å². The molecular weight excluding hydrogens is 893 g/mol. The first kappa shape index (κ1) is 42.5. The molecule has 0 saturated heterocycles. The van der Waals surface area contributed by atoms with Crippen LogP contribution in [0.25, 0.3) is 87.3 Å². The van der Waals surface area contributed by atoms with Crippen LogP contribution in [0.15, 0.2) is 215 Å². The van der Waals surface area contributed by atoms with Gasteiger partial charge >= 0.3 is 0 Å². The summed E-state index contributed by atoms with van der Waals surface area (Å²) >= 11 is 0. The van der Waals surface area contributed by atoms with Gasteiger partial charge in [0.1, 0.15) is 11.2 Å². The molecule has 0 amide bonds. The standard InChI is InChI=1S/C67H52N2O2Si/c1-41-25-28-43(29-26-41)69(59-22-14-20-55-51-17-10-12-24-61(51)71-66(55)59)46-33-38-53-57(40-46)49-15-7-8-18-52(49)62-56-36-27-42-39-45(32-37-48(42)63(56)67(2,3)64(53)62)68(44-30-34-47(35-31-44)72(4,5)6)58-21-13-19-54-50-16-9-11-23-60(50)70-65(54)58/h7-40H,1-6H3. The molecule has 2 aromatic heterocycles. The molecule has 0 bridgehead atoms. The number of furan rings is 2. The van der Waals surface area contributed by atoms with Gasteiger partial charge in [-0.25, -0.2) is 0 Å². The number of rotatable bonds is 7. The summed E-state index contributed by atoms with van der Waals surface area (Å²) in [7, 11) is -1.53. The number of anilines is 6. The van der Waals surface area contributed by atoms with Crippen LogP contribution >= 0.6 is 0 Å². The molecule has 0 atom stereocenters. The molecule has 1 aliphatic rings. The fraction of sp³-hybridized carbons (Fsp3) is 0.104. The van der Waals surface area contributed by atoms with Gasteiger partial charge < -0.3 is 18.6 Å². The number of hydrogen-bond donors (Lipinski definition) is 0. The molecular formula is C67H52N2O2Si. The number of fused-ring (bicyclic) bond motifs is 16. The monoisotopic (exact) mass is 944 g/mol. The Bertz CT molecular complexity index is 4360. The first-order valence-electron chi connectivity index (χ1n) is 25.2. The van der Waals surface area contributed by atoms with E-state index >= 15 is 0 Å². The zero-order chi connectivity index (χ0) is 48.6. The number of hydrogen-bond acceptors (Lipinski definition) is 4. The largest absolute Gasteiger partial charge is 0.454 e. The van der Waals surface area contributed by atoms with Crippen LogP contribution in [-0.2, 0) is 5.41 Å². The highest BCUT2D eigenvalue weighted by Gasteiger charge is 2.40. The molecule has 4 nitrogen and oxygen atoms in total. The number of para-hydroxylation sites is 4. The minimum Gasteiger partial charge on any atom is -0.454 e. The molecule has 0 aliphatic heterocycles. The Kier molecular flexibility index (Phi) is 9.18. The first-order valence-corrected chi connectivity index (χ1v) is 28.7. The lowest BCUT2D eigenvalue weighted by atomic mass is 9.77. The normalized spacial score (nSPS) is 13.2. The van der Waals surface area contributed by atoms with E-state index in [4.69, 9.17) is 8.83 Å². The van der Waals surface area contributed by atoms with Gasteiger partial charge in [-0.05, 0) is 134 Å². The van der Waals surface area contributed by atoms with Crippen LogP contribution in [0, 0.1) is 6.92 Å². The second-order valence-electron chi connectivity index (χ2n) is 21.4. The molecule has 2 heterocycles. The lowest BCUT2D eigenvalue weighted by Gasteiger charge is -2.29. The predicted molar refractivity (Wildman–Crippen MR) is 308 cm³/mol. The van der Waals surface area contributed by atoms with Crippen molar-refractivity contribution in [2.45, 2.75) is 45.8 Å². The van der Waals surface area contributed by atoms with Crippen molar-refractivity contribution in [3.63, 3.8) is 0 Å². The van der Waals surface area contributed by atoms with Crippen molar-refractivity contribution in [1.82, 2.24) is 0 Å². The Morgan fingerprint density at radius 2 is 0.889 bits per heavy atom. The van der Waals surface area contributed by atoms with E-state index in [1.54, 1.807) is 0 Å². The molecule has 72 heavy (non-hydrogen) atoms. The third-order valence-corrected chi connectivity index (χ3v) is 17.6. The van der Waals surface area contributed by atoms with Crippen LogP contribution in [-0.4, -0.2) is 8.07 Å². The minimum atomic E-state index is -1.53. The van der Waals surface area contributed by atoms with Crippen molar-refractivity contribution in [2.24, 2.45) is 0 Å². The number of nitrogens with zero attached hydrogens (tertiary/aromatic N) is 2. The molecule has 11 aromatic carbocycles. The summed E-state index contributed by atoms with van der Waals surface area (Å²) < 4.78 is 13.4. The van der Waals surface area contributed by atoms with Crippen LogP contribution in [0.5, 0.6) is 0 Å². The van der Waals surface area contributed by atoms with Crippen molar-refractivity contribution in [2.75, 3.05) is 9.80 Å². The maximum atomic E-state index is 6.72. The summed E-state index contributed by atoms with van der Waals surface area (Å²) in [5, 5.41) is 13.4. The Balaban J connectivity index is 0.945. The zero-order valence-electron chi connectivity index (χ0n) is 41.3.